The molecule has 0 atom stereocenters. The lowest BCUT2D eigenvalue weighted by Crippen LogP contribution is -2.08. The van der Waals surface area contributed by atoms with Gasteiger partial charge >= 0.3 is 0 Å². The maximum absolute atomic E-state index is 4.38. The Kier molecular flexibility index (Phi) is 2.46. The minimum atomic E-state index is 1.02. The summed E-state index contributed by atoms with van der Waals surface area (Å²) in [4.78, 5) is 2.09. The van der Waals surface area contributed by atoms with E-state index in [1.54, 1.807) is 0 Å². The quantitative estimate of drug-likeness (QED) is 0.742. The fraction of sp³-hybridized carbons (Fsp3) is 0.250. The Morgan fingerprint density at radius 3 is 2.60 bits per heavy atom. The van der Waals surface area contributed by atoms with E-state index >= 15 is 0 Å². The molecular weight excluding hydrogens is 186 g/mol. The van der Waals surface area contributed by atoms with Crippen molar-refractivity contribution in [2.45, 2.75) is 0 Å². The molecule has 0 amide bonds. The third-order valence-electron chi connectivity index (χ3n) is 2.37. The van der Waals surface area contributed by atoms with Gasteiger partial charge in [-0.25, -0.2) is 0 Å². The molecule has 1 aromatic carbocycles. The molecule has 0 saturated heterocycles. The number of aromatic nitrogens is 2. The summed E-state index contributed by atoms with van der Waals surface area (Å²) in [6.07, 6.45) is 1.96. The van der Waals surface area contributed by atoms with E-state index in [-0.39, 0.29) is 0 Å². The summed E-state index contributed by atoms with van der Waals surface area (Å²) in [5.74, 6) is 0. The van der Waals surface area contributed by atoms with E-state index < -0.39 is 0 Å². The molecule has 78 valence electrons. The Labute approximate surface area is 90.0 Å². The topological polar surface area (TPSA) is 21.1 Å². The minimum absolute atomic E-state index is 1.02. The monoisotopic (exact) mass is 201 g/mol. The zero-order valence-corrected chi connectivity index (χ0v) is 9.31. The van der Waals surface area contributed by atoms with E-state index in [9.17, 15) is 0 Å². The molecule has 0 aliphatic rings. The Bertz CT molecular complexity index is 457. The molecule has 0 aliphatic heterocycles. The smallest absolute Gasteiger partial charge is 0.0923 e. The second-order valence-electron chi connectivity index (χ2n) is 3.82. The van der Waals surface area contributed by atoms with E-state index in [1.807, 2.05) is 38.1 Å². The van der Waals surface area contributed by atoms with Crippen molar-refractivity contribution >= 4 is 5.69 Å². The van der Waals surface area contributed by atoms with Gasteiger partial charge in [0.25, 0.3) is 0 Å². The predicted octanol–water partition coefficient (Wildman–Crippen LogP) is 2.15. The van der Waals surface area contributed by atoms with Crippen molar-refractivity contribution in [2.24, 2.45) is 7.05 Å². The van der Waals surface area contributed by atoms with Gasteiger partial charge in [-0.15, -0.1) is 0 Å². The Hall–Kier alpha value is -1.77. The van der Waals surface area contributed by atoms with Crippen molar-refractivity contribution < 1.29 is 0 Å². The molecule has 2 aromatic rings. The molecule has 0 unspecified atom stereocenters. The maximum atomic E-state index is 4.38. The van der Waals surface area contributed by atoms with Crippen LogP contribution in [0.3, 0.4) is 0 Å². The van der Waals surface area contributed by atoms with Crippen LogP contribution in [0.15, 0.2) is 36.5 Å². The molecular formula is C12H15N3. The first kappa shape index (κ1) is 9.77. The van der Waals surface area contributed by atoms with E-state index in [0.29, 0.717) is 0 Å². The van der Waals surface area contributed by atoms with Crippen LogP contribution in [0.2, 0.25) is 0 Å². The van der Waals surface area contributed by atoms with Crippen LogP contribution in [0.4, 0.5) is 5.69 Å². The molecule has 3 nitrogen and oxygen atoms in total. The van der Waals surface area contributed by atoms with Crippen molar-refractivity contribution in [2.75, 3.05) is 19.0 Å². The summed E-state index contributed by atoms with van der Waals surface area (Å²) in [5.41, 5.74) is 3.36. The largest absolute Gasteiger partial charge is 0.378 e. The first-order chi connectivity index (χ1) is 7.16. The van der Waals surface area contributed by atoms with Crippen LogP contribution in [-0.2, 0) is 7.05 Å². The summed E-state index contributed by atoms with van der Waals surface area (Å²) in [6.45, 7) is 0. The molecule has 0 aliphatic carbocycles. The van der Waals surface area contributed by atoms with Gasteiger partial charge in [0, 0.05) is 38.6 Å². The first-order valence-electron chi connectivity index (χ1n) is 4.94. The van der Waals surface area contributed by atoms with Crippen LogP contribution in [0, 0.1) is 0 Å². The summed E-state index contributed by atoms with van der Waals surface area (Å²) in [7, 11) is 6.01. The lowest BCUT2D eigenvalue weighted by molar-refractivity contribution is 0.771. The van der Waals surface area contributed by atoms with E-state index in [0.717, 1.165) is 11.3 Å². The summed E-state index contributed by atoms with van der Waals surface area (Å²) >= 11 is 0. The molecule has 3 heteroatoms. The van der Waals surface area contributed by atoms with Gasteiger partial charge in [-0.05, 0) is 18.2 Å². The fourth-order valence-electron chi connectivity index (χ4n) is 1.51. The lowest BCUT2D eigenvalue weighted by atomic mass is 10.1. The van der Waals surface area contributed by atoms with Crippen molar-refractivity contribution in [3.8, 4) is 11.3 Å². The van der Waals surface area contributed by atoms with Crippen LogP contribution < -0.4 is 4.90 Å². The van der Waals surface area contributed by atoms with Crippen LogP contribution in [0.1, 0.15) is 0 Å². The third kappa shape index (κ3) is 2.01. The van der Waals surface area contributed by atoms with Gasteiger partial charge in [0.1, 0.15) is 0 Å². The maximum Gasteiger partial charge on any atom is 0.0923 e. The average molecular weight is 201 g/mol. The number of hydrogen-bond donors (Lipinski definition) is 0. The molecule has 0 fully saturated rings. The van der Waals surface area contributed by atoms with Gasteiger partial charge in [-0.3, -0.25) is 4.68 Å². The zero-order chi connectivity index (χ0) is 10.8. The van der Waals surface area contributed by atoms with Crippen LogP contribution >= 0.6 is 0 Å². The highest BCUT2D eigenvalue weighted by molar-refractivity contribution is 5.65. The van der Waals surface area contributed by atoms with Crippen LogP contribution in [-0.4, -0.2) is 23.9 Å². The molecule has 1 heterocycles. The lowest BCUT2D eigenvalue weighted by Gasteiger charge is -2.12. The normalized spacial score (nSPS) is 10.3. The number of anilines is 1. The molecule has 0 spiro atoms. The molecule has 0 bridgehead atoms. The standard InChI is InChI=1S/C12H15N3/c1-14(2)11-6-4-5-10(9-11)12-7-8-15(3)13-12/h4-9H,1-3H3. The van der Waals surface area contributed by atoms with Crippen molar-refractivity contribution in [1.82, 2.24) is 9.78 Å². The van der Waals surface area contributed by atoms with Crippen molar-refractivity contribution in [3.63, 3.8) is 0 Å². The Balaban J connectivity index is 2.41. The Morgan fingerprint density at radius 2 is 2.00 bits per heavy atom. The van der Waals surface area contributed by atoms with Gasteiger partial charge in [-0.2, -0.15) is 5.10 Å². The summed E-state index contributed by atoms with van der Waals surface area (Å²) < 4.78 is 1.82. The van der Waals surface area contributed by atoms with Crippen molar-refractivity contribution in [1.29, 1.82) is 0 Å². The fourth-order valence-corrected chi connectivity index (χ4v) is 1.51. The summed E-state index contributed by atoms with van der Waals surface area (Å²) in [5, 5.41) is 4.38. The Morgan fingerprint density at radius 1 is 1.20 bits per heavy atom. The van der Waals surface area contributed by atoms with Crippen LogP contribution in [0.25, 0.3) is 11.3 Å². The molecule has 1 aromatic heterocycles. The zero-order valence-electron chi connectivity index (χ0n) is 9.31. The second-order valence-corrected chi connectivity index (χ2v) is 3.82. The van der Waals surface area contributed by atoms with Crippen LogP contribution in [0.5, 0.6) is 0 Å². The van der Waals surface area contributed by atoms with Gasteiger partial charge in [0.2, 0.25) is 0 Å². The number of benzene rings is 1. The van der Waals surface area contributed by atoms with E-state index in [2.05, 4.69) is 34.3 Å². The van der Waals surface area contributed by atoms with Crippen molar-refractivity contribution in [3.05, 3.63) is 36.5 Å². The van der Waals surface area contributed by atoms with Gasteiger partial charge in [0.15, 0.2) is 0 Å². The van der Waals surface area contributed by atoms with Gasteiger partial charge in [0.05, 0.1) is 5.69 Å². The van der Waals surface area contributed by atoms with E-state index in [1.165, 1.54) is 5.69 Å². The highest BCUT2D eigenvalue weighted by Crippen LogP contribution is 2.21. The van der Waals surface area contributed by atoms with Gasteiger partial charge in [-0.1, -0.05) is 12.1 Å². The number of nitrogens with zero attached hydrogens (tertiary/aromatic N) is 3. The predicted molar refractivity (Wildman–Crippen MR) is 63.0 cm³/mol. The van der Waals surface area contributed by atoms with E-state index in [4.69, 9.17) is 0 Å². The highest BCUT2D eigenvalue weighted by atomic mass is 15.2. The molecule has 0 N–H and O–H groups in total. The third-order valence-corrected chi connectivity index (χ3v) is 2.37. The molecule has 0 radical (unpaired) electrons. The number of hydrogen-bond acceptors (Lipinski definition) is 2. The molecule has 15 heavy (non-hydrogen) atoms. The minimum Gasteiger partial charge on any atom is -0.378 e. The van der Waals surface area contributed by atoms with Gasteiger partial charge < -0.3 is 4.90 Å². The summed E-state index contributed by atoms with van der Waals surface area (Å²) in [6, 6.07) is 10.4. The molecule has 0 saturated carbocycles. The number of aryl methyl sites for hydroxylation is 1. The SMILES string of the molecule is CN(C)c1cccc(-c2ccn(C)n2)c1. The molecule has 2 rings (SSSR count). The highest BCUT2D eigenvalue weighted by Gasteiger charge is 2.02. The average Bonchev–Trinajstić information content (AvgIpc) is 2.65. The number of rotatable bonds is 2. The first-order valence-corrected chi connectivity index (χ1v) is 4.94. The second kappa shape index (κ2) is 3.77.